The van der Waals surface area contributed by atoms with E-state index in [1.807, 2.05) is 6.07 Å². The molecule has 5 rings (SSSR count). The Morgan fingerprint density at radius 2 is 1.84 bits per heavy atom. The van der Waals surface area contributed by atoms with Crippen LogP contribution in [0.3, 0.4) is 0 Å². The van der Waals surface area contributed by atoms with E-state index < -0.39 is 5.91 Å². The van der Waals surface area contributed by atoms with Gasteiger partial charge in [-0.05, 0) is 29.7 Å². The number of carbonyl (C=O) groups is 1. The van der Waals surface area contributed by atoms with Crippen molar-refractivity contribution in [2.75, 3.05) is 12.4 Å². The van der Waals surface area contributed by atoms with E-state index in [-0.39, 0.29) is 34.3 Å². The highest BCUT2D eigenvalue weighted by Gasteiger charge is 2.20. The molecule has 0 bridgehead atoms. The molecule has 2 heterocycles. The number of hydrogen-bond donors (Lipinski definition) is 2. The number of aromatic nitrogens is 4. The fraction of sp³-hybridized carbons (Fsp3) is 0.0385. The predicted molar refractivity (Wildman–Crippen MR) is 135 cm³/mol. The first kappa shape index (κ1) is 23.1. The van der Waals surface area contributed by atoms with E-state index in [0.29, 0.717) is 22.2 Å². The molecular weight excluding hydrogens is 472 g/mol. The normalized spacial score (nSPS) is 10.9. The number of aromatic hydroxyl groups is 1. The Morgan fingerprint density at radius 1 is 1.08 bits per heavy atom. The number of hydrogen-bond acceptors (Lipinski definition) is 9. The average molecular weight is 490 g/mol. The smallest absolute Gasteiger partial charge is 0.259 e. The van der Waals surface area contributed by atoms with Crippen LogP contribution in [0.2, 0.25) is 0 Å². The van der Waals surface area contributed by atoms with Gasteiger partial charge in [-0.3, -0.25) is 4.79 Å². The van der Waals surface area contributed by atoms with Crippen LogP contribution in [0.25, 0.3) is 16.7 Å². The van der Waals surface area contributed by atoms with Gasteiger partial charge in [0.05, 0.1) is 24.6 Å². The molecule has 2 aromatic heterocycles. The number of benzene rings is 3. The van der Waals surface area contributed by atoms with Gasteiger partial charge in [0.15, 0.2) is 11.6 Å². The SMILES string of the molecule is COc1ccccc1NC(=O)c1cc2ccccc2c(/N=N/c2c(C#N)cnn2-c2ncccn2)c1O. The Balaban J connectivity index is 1.61. The van der Waals surface area contributed by atoms with Gasteiger partial charge in [-0.25, -0.2) is 9.97 Å². The van der Waals surface area contributed by atoms with Gasteiger partial charge in [0, 0.05) is 17.8 Å². The number of nitrogens with zero attached hydrogens (tertiary/aromatic N) is 7. The summed E-state index contributed by atoms with van der Waals surface area (Å²) in [5.41, 5.74) is 0.606. The van der Waals surface area contributed by atoms with Crippen LogP contribution < -0.4 is 10.1 Å². The molecule has 180 valence electrons. The van der Waals surface area contributed by atoms with Crippen molar-refractivity contribution in [2.24, 2.45) is 10.2 Å². The van der Waals surface area contributed by atoms with Gasteiger partial charge in [-0.2, -0.15) is 15.0 Å². The number of para-hydroxylation sites is 2. The highest BCUT2D eigenvalue weighted by molar-refractivity contribution is 6.12. The minimum atomic E-state index is -0.565. The second kappa shape index (κ2) is 9.93. The summed E-state index contributed by atoms with van der Waals surface area (Å²) in [4.78, 5) is 21.5. The van der Waals surface area contributed by atoms with Gasteiger partial charge in [-0.15, -0.1) is 10.2 Å². The fourth-order valence-electron chi connectivity index (χ4n) is 3.69. The van der Waals surface area contributed by atoms with Crippen molar-refractivity contribution >= 4 is 33.9 Å². The lowest BCUT2D eigenvalue weighted by atomic mass is 10.0. The van der Waals surface area contributed by atoms with Gasteiger partial charge < -0.3 is 15.2 Å². The van der Waals surface area contributed by atoms with Crippen LogP contribution in [0.15, 0.2) is 89.5 Å². The summed E-state index contributed by atoms with van der Waals surface area (Å²) in [6.07, 6.45) is 4.38. The number of nitrogens with one attached hydrogen (secondary N) is 1. The summed E-state index contributed by atoms with van der Waals surface area (Å²) in [7, 11) is 1.50. The zero-order valence-electron chi connectivity index (χ0n) is 19.4. The number of phenols is 1. The molecule has 0 aliphatic heterocycles. The van der Waals surface area contributed by atoms with Crippen LogP contribution in [0.5, 0.6) is 11.5 Å². The Kier molecular flexibility index (Phi) is 6.21. The van der Waals surface area contributed by atoms with Crippen molar-refractivity contribution in [1.29, 1.82) is 5.26 Å². The molecular formula is C26H18N8O3. The molecule has 0 aliphatic carbocycles. The third-order valence-corrected chi connectivity index (χ3v) is 5.45. The molecule has 0 fully saturated rings. The lowest BCUT2D eigenvalue weighted by molar-refractivity contribution is 0.102. The molecule has 2 N–H and O–H groups in total. The standard InChI is InChI=1S/C26H18N8O3/c1-37-21-10-5-4-9-20(21)31-25(36)19-13-16-7-2-3-8-18(16)22(23(19)35)32-33-24-17(14-27)15-30-34(24)26-28-11-6-12-29-26/h2-13,15,35H,1H3,(H,31,36)/b33-32+. The zero-order chi connectivity index (χ0) is 25.8. The molecule has 0 radical (unpaired) electrons. The topological polar surface area (TPSA) is 151 Å². The molecule has 5 aromatic rings. The number of rotatable bonds is 6. The van der Waals surface area contributed by atoms with E-state index in [2.05, 4.69) is 30.6 Å². The second-order valence-corrected chi connectivity index (χ2v) is 7.65. The minimum absolute atomic E-state index is 0.0148. The van der Waals surface area contributed by atoms with E-state index in [4.69, 9.17) is 4.74 Å². The highest BCUT2D eigenvalue weighted by Crippen LogP contribution is 2.40. The maximum absolute atomic E-state index is 13.2. The lowest BCUT2D eigenvalue weighted by Crippen LogP contribution is -2.13. The van der Waals surface area contributed by atoms with Crippen LogP contribution in [0.1, 0.15) is 15.9 Å². The summed E-state index contributed by atoms with van der Waals surface area (Å²) in [6.45, 7) is 0. The molecule has 0 aliphatic rings. The summed E-state index contributed by atoms with van der Waals surface area (Å²) >= 11 is 0. The molecule has 0 unspecified atom stereocenters. The first-order chi connectivity index (χ1) is 18.1. The Hall–Kier alpha value is -5.63. The summed E-state index contributed by atoms with van der Waals surface area (Å²) in [5.74, 6) is -0.213. The van der Waals surface area contributed by atoms with E-state index in [1.54, 1.807) is 60.7 Å². The third kappa shape index (κ3) is 4.42. The zero-order valence-corrected chi connectivity index (χ0v) is 19.4. The van der Waals surface area contributed by atoms with E-state index in [9.17, 15) is 15.2 Å². The number of carbonyl (C=O) groups excluding carboxylic acids is 1. The third-order valence-electron chi connectivity index (χ3n) is 5.45. The fourth-order valence-corrected chi connectivity index (χ4v) is 3.69. The van der Waals surface area contributed by atoms with Gasteiger partial charge in [0.2, 0.25) is 0 Å². The first-order valence-electron chi connectivity index (χ1n) is 11.0. The van der Waals surface area contributed by atoms with Crippen LogP contribution in [-0.4, -0.2) is 37.9 Å². The number of methoxy groups -OCH3 is 1. The maximum Gasteiger partial charge on any atom is 0.259 e. The summed E-state index contributed by atoms with van der Waals surface area (Å²) < 4.78 is 6.56. The molecule has 0 spiro atoms. The molecule has 0 atom stereocenters. The number of nitriles is 1. The lowest BCUT2D eigenvalue weighted by Gasteiger charge is -2.13. The predicted octanol–water partition coefficient (Wildman–Crippen LogP) is 5.07. The molecule has 37 heavy (non-hydrogen) atoms. The quantitative estimate of drug-likeness (QED) is 0.315. The van der Waals surface area contributed by atoms with Crippen LogP contribution in [0, 0.1) is 11.3 Å². The van der Waals surface area contributed by atoms with Crippen molar-refractivity contribution in [1.82, 2.24) is 19.7 Å². The van der Waals surface area contributed by atoms with Gasteiger partial charge in [0.25, 0.3) is 11.9 Å². The van der Waals surface area contributed by atoms with Crippen molar-refractivity contribution in [3.05, 3.63) is 90.4 Å². The summed E-state index contributed by atoms with van der Waals surface area (Å²) in [6, 6.07) is 19.3. The number of anilines is 1. The number of fused-ring (bicyclic) bond motifs is 1. The Labute approximate surface area is 210 Å². The van der Waals surface area contributed by atoms with E-state index in [1.165, 1.54) is 30.4 Å². The second-order valence-electron chi connectivity index (χ2n) is 7.65. The molecule has 11 nitrogen and oxygen atoms in total. The van der Waals surface area contributed by atoms with Gasteiger partial charge in [0.1, 0.15) is 23.1 Å². The molecule has 11 heteroatoms. The maximum atomic E-state index is 13.2. The Bertz CT molecular complexity index is 1690. The van der Waals surface area contributed by atoms with Crippen molar-refractivity contribution in [3.63, 3.8) is 0 Å². The molecule has 0 saturated heterocycles. The molecule has 3 aromatic carbocycles. The Morgan fingerprint density at radius 3 is 2.62 bits per heavy atom. The number of phenolic OH excluding ortho intramolecular Hbond substituents is 1. The highest BCUT2D eigenvalue weighted by atomic mass is 16.5. The van der Waals surface area contributed by atoms with E-state index >= 15 is 0 Å². The first-order valence-corrected chi connectivity index (χ1v) is 11.0. The monoisotopic (exact) mass is 490 g/mol. The minimum Gasteiger partial charge on any atom is -0.505 e. The number of ether oxygens (including phenoxy) is 1. The van der Waals surface area contributed by atoms with Crippen LogP contribution in [-0.2, 0) is 0 Å². The van der Waals surface area contributed by atoms with Gasteiger partial charge >= 0.3 is 0 Å². The van der Waals surface area contributed by atoms with Crippen molar-refractivity contribution in [2.45, 2.75) is 0 Å². The van der Waals surface area contributed by atoms with Crippen molar-refractivity contribution < 1.29 is 14.6 Å². The van der Waals surface area contributed by atoms with E-state index in [0.717, 1.165) is 0 Å². The average Bonchev–Trinajstić information content (AvgIpc) is 3.36. The largest absolute Gasteiger partial charge is 0.505 e. The van der Waals surface area contributed by atoms with Crippen molar-refractivity contribution in [3.8, 4) is 23.5 Å². The summed E-state index contributed by atoms with van der Waals surface area (Å²) in [5, 5.41) is 37.3. The number of azo groups is 1. The van der Waals surface area contributed by atoms with Crippen LogP contribution in [0.4, 0.5) is 17.2 Å². The van der Waals surface area contributed by atoms with Gasteiger partial charge in [-0.1, -0.05) is 36.4 Å². The number of amides is 1. The van der Waals surface area contributed by atoms with Crippen LogP contribution >= 0.6 is 0 Å². The molecule has 0 saturated carbocycles. The molecule has 1 amide bonds.